The number of fused-ring (bicyclic) bond motifs is 2. The average molecular weight is 374 g/mol. The first-order valence-electron chi connectivity index (χ1n) is 8.97. The van der Waals surface area contributed by atoms with Crippen LogP contribution in [0.4, 0.5) is 0 Å². The number of rotatable bonds is 4. The highest BCUT2D eigenvalue weighted by Crippen LogP contribution is 2.41. The summed E-state index contributed by atoms with van der Waals surface area (Å²) in [7, 11) is 0. The van der Waals surface area contributed by atoms with Crippen LogP contribution in [0.2, 0.25) is 0 Å². The van der Waals surface area contributed by atoms with E-state index < -0.39 is 0 Å². The summed E-state index contributed by atoms with van der Waals surface area (Å²) in [4.78, 5) is 3.63. The minimum Gasteiger partial charge on any atom is -0.459 e. The van der Waals surface area contributed by atoms with E-state index in [1.54, 1.807) is 11.3 Å². The Balaban J connectivity index is 1.53. The van der Waals surface area contributed by atoms with Crippen molar-refractivity contribution < 1.29 is 4.74 Å². The van der Waals surface area contributed by atoms with Gasteiger partial charge >= 0.3 is 0 Å². The Labute approximate surface area is 157 Å². The van der Waals surface area contributed by atoms with Crippen molar-refractivity contribution in [2.45, 2.75) is 38.7 Å². The van der Waals surface area contributed by atoms with Crippen molar-refractivity contribution >= 4 is 23.1 Å². The summed E-state index contributed by atoms with van der Waals surface area (Å²) in [6, 6.07) is 4.06. The lowest BCUT2D eigenvalue weighted by Crippen LogP contribution is -2.25. The van der Waals surface area contributed by atoms with Gasteiger partial charge in [-0.25, -0.2) is 0 Å². The van der Waals surface area contributed by atoms with E-state index in [4.69, 9.17) is 4.74 Å². The predicted octanol–water partition coefficient (Wildman–Crippen LogP) is 3.86. The van der Waals surface area contributed by atoms with Crippen LogP contribution in [-0.2, 0) is 0 Å². The monoisotopic (exact) mass is 373 g/mol. The SMILES string of the molecule is CC(C)[C@H](C#Cc1cccs1)Oc1nsnc1[C@H]1CN2CCC[C@H]1C2. The lowest BCUT2D eigenvalue weighted by Gasteiger charge is -2.22. The van der Waals surface area contributed by atoms with Crippen LogP contribution in [-0.4, -0.2) is 39.4 Å². The quantitative estimate of drug-likeness (QED) is 0.763. The summed E-state index contributed by atoms with van der Waals surface area (Å²) in [5, 5.41) is 2.05. The van der Waals surface area contributed by atoms with Crippen molar-refractivity contribution in [3.63, 3.8) is 0 Å². The highest BCUT2D eigenvalue weighted by atomic mass is 32.1. The first-order chi connectivity index (χ1) is 12.2. The fraction of sp³-hybridized carbons (Fsp3) is 0.579. The molecule has 132 valence electrons. The highest BCUT2D eigenvalue weighted by molar-refractivity contribution is 7.10. The van der Waals surface area contributed by atoms with Gasteiger partial charge in [-0.1, -0.05) is 31.8 Å². The molecule has 2 aliphatic heterocycles. The van der Waals surface area contributed by atoms with Crippen LogP contribution in [0.5, 0.6) is 5.88 Å². The molecule has 25 heavy (non-hydrogen) atoms. The Morgan fingerprint density at radius 2 is 2.24 bits per heavy atom. The Morgan fingerprint density at radius 1 is 1.32 bits per heavy atom. The van der Waals surface area contributed by atoms with E-state index in [0.29, 0.717) is 23.6 Å². The Bertz CT molecular complexity index is 759. The molecule has 2 aliphatic rings. The van der Waals surface area contributed by atoms with Crippen molar-refractivity contribution in [2.75, 3.05) is 19.6 Å². The number of aromatic nitrogens is 2. The fourth-order valence-corrected chi connectivity index (χ4v) is 4.89. The maximum Gasteiger partial charge on any atom is 0.250 e. The minimum absolute atomic E-state index is 0.161. The Kier molecular flexibility index (Phi) is 5.07. The van der Waals surface area contributed by atoms with E-state index in [1.165, 1.54) is 37.7 Å². The van der Waals surface area contributed by atoms with Gasteiger partial charge in [0.25, 0.3) is 5.88 Å². The molecule has 2 aromatic heterocycles. The van der Waals surface area contributed by atoms with Crippen molar-refractivity contribution in [1.82, 2.24) is 13.6 Å². The first-order valence-corrected chi connectivity index (χ1v) is 10.6. The highest BCUT2D eigenvalue weighted by Gasteiger charge is 2.39. The average Bonchev–Trinajstić information content (AvgIpc) is 3.32. The van der Waals surface area contributed by atoms with Gasteiger partial charge in [0.05, 0.1) is 16.6 Å². The van der Waals surface area contributed by atoms with Gasteiger partial charge < -0.3 is 9.64 Å². The van der Waals surface area contributed by atoms with Crippen LogP contribution < -0.4 is 4.74 Å². The molecule has 6 heteroatoms. The number of nitrogens with zero attached hydrogens (tertiary/aromatic N) is 3. The number of hydrogen-bond acceptors (Lipinski definition) is 6. The third-order valence-electron chi connectivity index (χ3n) is 5.10. The zero-order valence-electron chi connectivity index (χ0n) is 14.6. The standard InChI is InChI=1S/C19H23N3OS2/c1-13(2)17(8-7-15-6-4-10-24-15)23-19-18(20-25-21-19)16-12-22-9-3-5-14(16)11-22/h4,6,10,13-14,16-17H,3,5,9,11-12H2,1-2H3/t14-,16-,17-/m0/s1. The molecule has 4 heterocycles. The second-order valence-corrected chi connectivity index (χ2v) is 8.73. The molecule has 4 atom stereocenters. The van der Waals surface area contributed by atoms with Gasteiger partial charge in [-0.2, -0.15) is 4.37 Å². The maximum absolute atomic E-state index is 6.26. The molecule has 0 saturated carbocycles. The lowest BCUT2D eigenvalue weighted by molar-refractivity contribution is 0.196. The molecular weight excluding hydrogens is 350 g/mol. The zero-order valence-corrected chi connectivity index (χ0v) is 16.3. The Hall–Kier alpha value is -1.42. The molecule has 2 aromatic rings. The van der Waals surface area contributed by atoms with Crippen LogP contribution in [0.3, 0.4) is 0 Å². The van der Waals surface area contributed by atoms with Gasteiger partial charge in [-0.05, 0) is 36.8 Å². The van der Waals surface area contributed by atoms with Crippen LogP contribution in [0, 0.1) is 23.7 Å². The number of thiophene rings is 1. The molecule has 2 saturated heterocycles. The third-order valence-corrected chi connectivity index (χ3v) is 6.41. The molecule has 0 amide bonds. The maximum atomic E-state index is 6.26. The minimum atomic E-state index is -0.161. The van der Waals surface area contributed by atoms with Crippen LogP contribution >= 0.6 is 23.1 Å². The van der Waals surface area contributed by atoms with Crippen LogP contribution in [0.15, 0.2) is 17.5 Å². The van der Waals surface area contributed by atoms with Gasteiger partial charge in [-0.3, -0.25) is 0 Å². The second kappa shape index (κ2) is 7.45. The zero-order chi connectivity index (χ0) is 17.2. The molecule has 0 N–H and O–H groups in total. The molecule has 0 aliphatic carbocycles. The number of hydrogen-bond donors (Lipinski definition) is 0. The first kappa shape index (κ1) is 17.0. The second-order valence-electron chi connectivity index (χ2n) is 7.25. The number of piperidine rings is 1. The largest absolute Gasteiger partial charge is 0.459 e. The van der Waals surface area contributed by atoms with Gasteiger partial charge in [0, 0.05) is 24.9 Å². The predicted molar refractivity (Wildman–Crippen MR) is 102 cm³/mol. The fourth-order valence-electron chi connectivity index (χ4n) is 3.76. The summed E-state index contributed by atoms with van der Waals surface area (Å²) in [6.45, 7) is 7.80. The van der Waals surface area contributed by atoms with E-state index in [0.717, 1.165) is 17.1 Å². The van der Waals surface area contributed by atoms with E-state index in [1.807, 2.05) is 17.5 Å². The smallest absolute Gasteiger partial charge is 0.250 e. The molecule has 1 unspecified atom stereocenters. The molecular formula is C19H23N3OS2. The summed E-state index contributed by atoms with van der Waals surface area (Å²) in [5.74, 6) is 8.70. The van der Waals surface area contributed by atoms with E-state index in [-0.39, 0.29) is 6.10 Å². The molecule has 4 rings (SSSR count). The topological polar surface area (TPSA) is 38.3 Å². The van der Waals surface area contributed by atoms with E-state index in [2.05, 4.69) is 39.3 Å². The van der Waals surface area contributed by atoms with E-state index in [9.17, 15) is 0 Å². The molecule has 0 radical (unpaired) electrons. The van der Waals surface area contributed by atoms with Gasteiger partial charge in [0.2, 0.25) is 0 Å². The van der Waals surface area contributed by atoms with Crippen molar-refractivity contribution in [3.05, 3.63) is 28.1 Å². The molecule has 0 aromatic carbocycles. The third kappa shape index (κ3) is 3.74. The summed E-state index contributed by atoms with van der Waals surface area (Å²) >= 11 is 2.93. The van der Waals surface area contributed by atoms with Gasteiger partial charge in [-0.15, -0.1) is 15.7 Å². The Morgan fingerprint density at radius 3 is 3.00 bits per heavy atom. The lowest BCUT2D eigenvalue weighted by atomic mass is 9.89. The molecule has 2 fully saturated rings. The van der Waals surface area contributed by atoms with Crippen LogP contribution in [0.1, 0.15) is 43.2 Å². The van der Waals surface area contributed by atoms with E-state index >= 15 is 0 Å². The molecule has 2 bridgehead atoms. The van der Waals surface area contributed by atoms with Crippen molar-refractivity contribution in [3.8, 4) is 17.7 Å². The van der Waals surface area contributed by atoms with Crippen LogP contribution in [0.25, 0.3) is 0 Å². The molecule has 4 nitrogen and oxygen atoms in total. The normalized spacial score (nSPS) is 26.3. The molecule has 0 spiro atoms. The van der Waals surface area contributed by atoms with Crippen molar-refractivity contribution in [1.29, 1.82) is 0 Å². The van der Waals surface area contributed by atoms with Gasteiger partial charge in [0.1, 0.15) is 5.69 Å². The van der Waals surface area contributed by atoms with Crippen molar-refractivity contribution in [2.24, 2.45) is 11.8 Å². The van der Waals surface area contributed by atoms with Gasteiger partial charge in [0.15, 0.2) is 6.10 Å². The number of ether oxygens (including phenoxy) is 1. The summed E-state index contributed by atoms with van der Waals surface area (Å²) in [6.07, 6.45) is 2.44. The summed E-state index contributed by atoms with van der Waals surface area (Å²) < 4.78 is 15.3. The summed E-state index contributed by atoms with van der Waals surface area (Å²) in [5.41, 5.74) is 1.06.